The van der Waals surface area contributed by atoms with E-state index in [4.69, 9.17) is 16.3 Å². The van der Waals surface area contributed by atoms with Crippen LogP contribution in [0.2, 0.25) is 5.02 Å². The zero-order chi connectivity index (χ0) is 16.2. The fraction of sp³-hybridized carbons (Fsp3) is 0.400. The smallest absolute Gasteiger partial charge is 0.422 e. The van der Waals surface area contributed by atoms with Gasteiger partial charge in [0.15, 0.2) is 6.61 Å². The third-order valence-corrected chi connectivity index (χ3v) is 3.47. The van der Waals surface area contributed by atoms with E-state index in [9.17, 15) is 18.0 Å². The van der Waals surface area contributed by atoms with Crippen molar-refractivity contribution < 1.29 is 22.7 Å². The highest BCUT2D eigenvalue weighted by Gasteiger charge is 2.29. The van der Waals surface area contributed by atoms with Gasteiger partial charge in [0.1, 0.15) is 5.75 Å². The summed E-state index contributed by atoms with van der Waals surface area (Å²) in [5.74, 6) is -0.496. The second kappa shape index (κ2) is 7.05. The first kappa shape index (κ1) is 16.7. The Hall–Kier alpha value is -1.69. The normalized spacial score (nSPS) is 18.1. The molecule has 0 bridgehead atoms. The Kier molecular flexibility index (Phi) is 5.34. The highest BCUT2D eigenvalue weighted by atomic mass is 35.5. The lowest BCUT2D eigenvalue weighted by Crippen LogP contribution is -2.24. The van der Waals surface area contributed by atoms with E-state index < -0.39 is 12.8 Å². The van der Waals surface area contributed by atoms with Gasteiger partial charge in [-0.05, 0) is 37.5 Å². The number of amides is 1. The van der Waals surface area contributed by atoms with Crippen LogP contribution in [0.4, 0.5) is 18.9 Å². The Bertz CT molecular complexity index is 572. The average molecular weight is 334 g/mol. The van der Waals surface area contributed by atoms with E-state index in [0.717, 1.165) is 6.42 Å². The molecule has 1 atom stereocenters. The fourth-order valence-corrected chi connectivity index (χ4v) is 2.32. The largest absolute Gasteiger partial charge is 0.482 e. The van der Waals surface area contributed by atoms with Crippen LogP contribution in [0.5, 0.6) is 5.75 Å². The van der Waals surface area contributed by atoms with Crippen LogP contribution in [-0.4, -0.2) is 18.7 Å². The van der Waals surface area contributed by atoms with E-state index in [-0.39, 0.29) is 23.3 Å². The minimum absolute atomic E-state index is 0.0542. The number of carbonyl (C=O) groups is 1. The molecule has 1 N–H and O–H groups in total. The van der Waals surface area contributed by atoms with Gasteiger partial charge >= 0.3 is 6.18 Å². The fourth-order valence-electron chi connectivity index (χ4n) is 2.15. The third kappa shape index (κ3) is 4.94. The molecule has 1 amide bonds. The molecule has 1 aromatic carbocycles. The molecule has 0 saturated heterocycles. The third-order valence-electron chi connectivity index (χ3n) is 3.23. The molecule has 0 aromatic heterocycles. The molecule has 0 spiro atoms. The summed E-state index contributed by atoms with van der Waals surface area (Å²) in [6.07, 6.45) is 1.61. The van der Waals surface area contributed by atoms with Crippen molar-refractivity contribution in [2.45, 2.75) is 25.4 Å². The number of benzene rings is 1. The minimum atomic E-state index is -4.45. The van der Waals surface area contributed by atoms with Crippen LogP contribution in [0, 0.1) is 5.92 Å². The first-order chi connectivity index (χ1) is 10.3. The van der Waals surface area contributed by atoms with E-state index >= 15 is 0 Å². The second-order valence-electron chi connectivity index (χ2n) is 5.01. The maximum absolute atomic E-state index is 12.3. The van der Waals surface area contributed by atoms with Crippen molar-refractivity contribution in [3.05, 3.63) is 35.4 Å². The molecule has 22 heavy (non-hydrogen) atoms. The maximum Gasteiger partial charge on any atom is 0.422 e. The van der Waals surface area contributed by atoms with Crippen LogP contribution in [0.15, 0.2) is 30.4 Å². The van der Waals surface area contributed by atoms with Gasteiger partial charge in [0, 0.05) is 10.9 Å². The van der Waals surface area contributed by atoms with E-state index in [2.05, 4.69) is 5.32 Å². The van der Waals surface area contributed by atoms with Gasteiger partial charge < -0.3 is 10.1 Å². The number of nitrogens with one attached hydrogen (secondary N) is 1. The van der Waals surface area contributed by atoms with Crippen molar-refractivity contribution in [1.29, 1.82) is 0 Å². The van der Waals surface area contributed by atoms with E-state index in [1.165, 1.54) is 18.2 Å². The van der Waals surface area contributed by atoms with Gasteiger partial charge in [-0.15, -0.1) is 0 Å². The number of hydrogen-bond acceptors (Lipinski definition) is 2. The Labute approximate surface area is 131 Å². The molecule has 120 valence electrons. The molecule has 1 unspecified atom stereocenters. The number of halogens is 4. The summed E-state index contributed by atoms with van der Waals surface area (Å²) in [5.41, 5.74) is 0.149. The lowest BCUT2D eigenvalue weighted by atomic mass is 9.93. The Balaban J connectivity index is 2.09. The number of carbonyl (C=O) groups excluding carboxylic acids is 1. The molecule has 0 radical (unpaired) electrons. The number of hydrogen-bond donors (Lipinski definition) is 1. The van der Waals surface area contributed by atoms with Crippen LogP contribution in [0.1, 0.15) is 19.3 Å². The summed E-state index contributed by atoms with van der Waals surface area (Å²) in [6.45, 7) is -1.43. The first-order valence-electron chi connectivity index (χ1n) is 6.80. The van der Waals surface area contributed by atoms with Crippen molar-refractivity contribution in [2.75, 3.05) is 11.9 Å². The molecule has 0 saturated carbocycles. The molecule has 0 heterocycles. The predicted octanol–water partition coefficient (Wildman–Crippen LogP) is 4.58. The standard InChI is InChI=1S/C15H15ClF3NO2/c16-11-6-7-13(22-9-15(17,18)19)12(8-11)20-14(21)10-4-2-1-3-5-10/h1-2,6-8,10H,3-5,9H2,(H,20,21). The van der Waals surface area contributed by atoms with E-state index in [1.54, 1.807) is 0 Å². The van der Waals surface area contributed by atoms with Gasteiger partial charge in [-0.2, -0.15) is 13.2 Å². The molecule has 2 rings (SSSR count). The maximum atomic E-state index is 12.3. The number of allylic oxidation sites excluding steroid dienone is 2. The van der Waals surface area contributed by atoms with Crippen molar-refractivity contribution in [2.24, 2.45) is 5.92 Å². The molecule has 1 aliphatic carbocycles. The average Bonchev–Trinajstić information content (AvgIpc) is 2.46. The lowest BCUT2D eigenvalue weighted by molar-refractivity contribution is -0.153. The Morgan fingerprint density at radius 3 is 2.77 bits per heavy atom. The van der Waals surface area contributed by atoms with Crippen molar-refractivity contribution >= 4 is 23.2 Å². The van der Waals surface area contributed by atoms with Gasteiger partial charge in [-0.1, -0.05) is 23.8 Å². The Morgan fingerprint density at radius 2 is 2.14 bits per heavy atom. The predicted molar refractivity (Wildman–Crippen MR) is 78.1 cm³/mol. The van der Waals surface area contributed by atoms with E-state index in [0.29, 0.717) is 17.9 Å². The van der Waals surface area contributed by atoms with Gasteiger partial charge in [0.05, 0.1) is 5.69 Å². The number of ether oxygens (including phenoxy) is 1. The molecule has 1 aliphatic rings. The minimum Gasteiger partial charge on any atom is -0.482 e. The highest BCUT2D eigenvalue weighted by molar-refractivity contribution is 6.31. The molecule has 1 aromatic rings. The summed E-state index contributed by atoms with van der Waals surface area (Å²) in [6, 6.07) is 4.10. The summed E-state index contributed by atoms with van der Waals surface area (Å²) in [4.78, 5) is 12.2. The van der Waals surface area contributed by atoms with Crippen LogP contribution in [0.25, 0.3) is 0 Å². The van der Waals surface area contributed by atoms with Crippen LogP contribution < -0.4 is 10.1 Å². The summed E-state index contributed by atoms with van der Waals surface area (Å²) >= 11 is 5.84. The summed E-state index contributed by atoms with van der Waals surface area (Å²) < 4.78 is 41.5. The van der Waals surface area contributed by atoms with Crippen LogP contribution in [0.3, 0.4) is 0 Å². The van der Waals surface area contributed by atoms with Crippen molar-refractivity contribution in [3.63, 3.8) is 0 Å². The first-order valence-corrected chi connectivity index (χ1v) is 7.18. The van der Waals surface area contributed by atoms with Crippen LogP contribution >= 0.6 is 11.6 Å². The molecule has 0 aliphatic heterocycles. The summed E-state index contributed by atoms with van der Waals surface area (Å²) in [7, 11) is 0. The number of anilines is 1. The van der Waals surface area contributed by atoms with Crippen LogP contribution in [-0.2, 0) is 4.79 Å². The molecule has 7 heteroatoms. The van der Waals surface area contributed by atoms with Crippen molar-refractivity contribution in [3.8, 4) is 5.75 Å². The summed E-state index contributed by atoms with van der Waals surface area (Å²) in [5, 5.41) is 2.91. The van der Waals surface area contributed by atoms with Gasteiger partial charge in [-0.3, -0.25) is 4.79 Å². The zero-order valence-electron chi connectivity index (χ0n) is 11.6. The lowest BCUT2D eigenvalue weighted by Gasteiger charge is -2.19. The van der Waals surface area contributed by atoms with Gasteiger partial charge in [0.2, 0.25) is 5.91 Å². The molecular weight excluding hydrogens is 319 g/mol. The number of alkyl halides is 3. The van der Waals surface area contributed by atoms with Crippen molar-refractivity contribution in [1.82, 2.24) is 0 Å². The van der Waals surface area contributed by atoms with Gasteiger partial charge in [0.25, 0.3) is 0 Å². The topological polar surface area (TPSA) is 38.3 Å². The number of rotatable bonds is 4. The highest BCUT2D eigenvalue weighted by Crippen LogP contribution is 2.31. The molecule has 3 nitrogen and oxygen atoms in total. The SMILES string of the molecule is O=C(Nc1cc(Cl)ccc1OCC(F)(F)F)C1CC=CCC1. The molecule has 0 fully saturated rings. The second-order valence-corrected chi connectivity index (χ2v) is 5.45. The Morgan fingerprint density at radius 1 is 1.36 bits per heavy atom. The zero-order valence-corrected chi connectivity index (χ0v) is 12.4. The van der Waals surface area contributed by atoms with Gasteiger partial charge in [-0.25, -0.2) is 0 Å². The quantitative estimate of drug-likeness (QED) is 0.819. The van der Waals surface area contributed by atoms with E-state index in [1.807, 2.05) is 12.2 Å². The monoisotopic (exact) mass is 333 g/mol. The molecular formula is C15H15ClF3NO2.